The highest BCUT2D eigenvalue weighted by molar-refractivity contribution is 4.88. The van der Waals surface area contributed by atoms with Gasteiger partial charge in [0, 0.05) is 19.1 Å². The number of ether oxygens (including phenoxy) is 1. The van der Waals surface area contributed by atoms with Gasteiger partial charge in [0.25, 0.3) is 0 Å². The SMILES string of the molecule is CCCN1CCOC(C(CC2CC2)NCC)C1. The molecule has 0 aromatic heterocycles. The standard InChI is InChI=1S/C14H28N2O/c1-3-7-16-8-9-17-14(11-16)13(15-4-2)10-12-5-6-12/h12-15H,3-11H2,1-2H3. The summed E-state index contributed by atoms with van der Waals surface area (Å²) in [5, 5.41) is 3.63. The van der Waals surface area contributed by atoms with Gasteiger partial charge < -0.3 is 10.1 Å². The average Bonchev–Trinajstić information content (AvgIpc) is 3.13. The van der Waals surface area contributed by atoms with Gasteiger partial charge in [0.05, 0.1) is 12.7 Å². The molecule has 1 aliphatic heterocycles. The molecule has 2 fully saturated rings. The highest BCUT2D eigenvalue weighted by Gasteiger charge is 2.32. The molecule has 3 nitrogen and oxygen atoms in total. The highest BCUT2D eigenvalue weighted by Crippen LogP contribution is 2.34. The van der Waals surface area contributed by atoms with E-state index >= 15 is 0 Å². The van der Waals surface area contributed by atoms with E-state index in [0.717, 1.165) is 32.2 Å². The second-order valence-electron chi connectivity index (χ2n) is 5.55. The van der Waals surface area contributed by atoms with E-state index in [4.69, 9.17) is 4.74 Å². The maximum atomic E-state index is 5.99. The fraction of sp³-hybridized carbons (Fsp3) is 1.00. The van der Waals surface area contributed by atoms with Gasteiger partial charge in [0.1, 0.15) is 0 Å². The predicted molar refractivity (Wildman–Crippen MR) is 71.3 cm³/mol. The Morgan fingerprint density at radius 2 is 2.18 bits per heavy atom. The maximum absolute atomic E-state index is 5.99. The van der Waals surface area contributed by atoms with Crippen molar-refractivity contribution in [3.05, 3.63) is 0 Å². The minimum atomic E-state index is 0.413. The molecular formula is C14H28N2O. The van der Waals surface area contributed by atoms with Crippen LogP contribution in [0.5, 0.6) is 0 Å². The topological polar surface area (TPSA) is 24.5 Å². The number of morpholine rings is 1. The normalized spacial score (nSPS) is 28.2. The molecule has 0 aromatic carbocycles. The first-order chi connectivity index (χ1) is 8.33. The Kier molecular flexibility index (Phi) is 5.26. The third-order valence-electron chi connectivity index (χ3n) is 3.92. The van der Waals surface area contributed by atoms with Crippen molar-refractivity contribution in [3.63, 3.8) is 0 Å². The van der Waals surface area contributed by atoms with Crippen LogP contribution in [0.2, 0.25) is 0 Å². The van der Waals surface area contributed by atoms with Crippen LogP contribution in [-0.4, -0.2) is 49.8 Å². The van der Waals surface area contributed by atoms with Gasteiger partial charge in [-0.2, -0.15) is 0 Å². The third kappa shape index (κ3) is 4.23. The van der Waals surface area contributed by atoms with Crippen LogP contribution in [0.1, 0.15) is 39.5 Å². The van der Waals surface area contributed by atoms with E-state index in [1.807, 2.05) is 0 Å². The lowest BCUT2D eigenvalue weighted by atomic mass is 10.0. The smallest absolute Gasteiger partial charge is 0.0855 e. The molecule has 1 aliphatic carbocycles. The molecule has 2 unspecified atom stereocenters. The van der Waals surface area contributed by atoms with Crippen molar-refractivity contribution in [2.45, 2.75) is 51.7 Å². The third-order valence-corrected chi connectivity index (χ3v) is 3.92. The van der Waals surface area contributed by atoms with Crippen molar-refractivity contribution in [2.75, 3.05) is 32.8 Å². The van der Waals surface area contributed by atoms with Crippen LogP contribution < -0.4 is 5.32 Å². The molecule has 0 spiro atoms. The summed E-state index contributed by atoms with van der Waals surface area (Å²) in [5.41, 5.74) is 0. The fourth-order valence-corrected chi connectivity index (χ4v) is 2.84. The molecule has 0 amide bonds. The van der Waals surface area contributed by atoms with Crippen molar-refractivity contribution in [3.8, 4) is 0 Å². The number of nitrogens with one attached hydrogen (secondary N) is 1. The maximum Gasteiger partial charge on any atom is 0.0855 e. The number of nitrogens with zero attached hydrogens (tertiary/aromatic N) is 1. The lowest BCUT2D eigenvalue weighted by molar-refractivity contribution is -0.0481. The van der Waals surface area contributed by atoms with Crippen LogP contribution in [0.15, 0.2) is 0 Å². The zero-order chi connectivity index (χ0) is 12.1. The van der Waals surface area contributed by atoms with Crippen LogP contribution in [0.3, 0.4) is 0 Å². The first-order valence-electron chi connectivity index (χ1n) is 7.40. The number of rotatable bonds is 7. The summed E-state index contributed by atoms with van der Waals surface area (Å²) in [4.78, 5) is 2.56. The average molecular weight is 240 g/mol. The van der Waals surface area contributed by atoms with E-state index in [1.165, 1.54) is 32.2 Å². The first kappa shape index (κ1) is 13.3. The molecule has 1 saturated heterocycles. The lowest BCUT2D eigenvalue weighted by Crippen LogP contribution is -2.52. The summed E-state index contributed by atoms with van der Waals surface area (Å²) in [6.07, 6.45) is 5.86. The molecule has 1 N–H and O–H groups in total. The Labute approximate surface area is 106 Å². The zero-order valence-electron chi connectivity index (χ0n) is 11.5. The molecule has 0 radical (unpaired) electrons. The molecule has 2 rings (SSSR count). The van der Waals surface area contributed by atoms with Crippen LogP contribution in [0.25, 0.3) is 0 Å². The van der Waals surface area contributed by atoms with Crippen LogP contribution in [-0.2, 0) is 4.74 Å². The number of hydrogen-bond acceptors (Lipinski definition) is 3. The van der Waals surface area contributed by atoms with Gasteiger partial charge in [-0.3, -0.25) is 4.90 Å². The van der Waals surface area contributed by atoms with E-state index in [-0.39, 0.29) is 0 Å². The Hall–Kier alpha value is -0.120. The summed E-state index contributed by atoms with van der Waals surface area (Å²) < 4.78 is 5.99. The molecule has 2 aliphatic rings. The second-order valence-corrected chi connectivity index (χ2v) is 5.55. The summed E-state index contributed by atoms with van der Waals surface area (Å²) in [6, 6.07) is 0.576. The highest BCUT2D eigenvalue weighted by atomic mass is 16.5. The van der Waals surface area contributed by atoms with Gasteiger partial charge in [-0.05, 0) is 31.8 Å². The summed E-state index contributed by atoms with van der Waals surface area (Å²) in [6.45, 7) is 9.90. The predicted octanol–water partition coefficient (Wildman–Crippen LogP) is 1.88. The van der Waals surface area contributed by atoms with Crippen molar-refractivity contribution >= 4 is 0 Å². The van der Waals surface area contributed by atoms with Crippen molar-refractivity contribution < 1.29 is 4.74 Å². The molecular weight excluding hydrogens is 212 g/mol. The van der Waals surface area contributed by atoms with Gasteiger partial charge in [-0.1, -0.05) is 26.7 Å². The largest absolute Gasteiger partial charge is 0.374 e. The van der Waals surface area contributed by atoms with Gasteiger partial charge in [0.15, 0.2) is 0 Å². The van der Waals surface area contributed by atoms with Gasteiger partial charge in [-0.25, -0.2) is 0 Å². The van der Waals surface area contributed by atoms with Crippen LogP contribution in [0, 0.1) is 5.92 Å². The molecule has 1 saturated carbocycles. The fourth-order valence-electron chi connectivity index (χ4n) is 2.84. The summed E-state index contributed by atoms with van der Waals surface area (Å²) in [7, 11) is 0. The molecule has 2 atom stereocenters. The minimum Gasteiger partial charge on any atom is -0.374 e. The molecule has 0 bridgehead atoms. The summed E-state index contributed by atoms with van der Waals surface area (Å²) in [5.74, 6) is 0.976. The van der Waals surface area contributed by atoms with Crippen molar-refractivity contribution in [2.24, 2.45) is 5.92 Å². The second kappa shape index (κ2) is 6.72. The van der Waals surface area contributed by atoms with Crippen molar-refractivity contribution in [1.29, 1.82) is 0 Å². The summed E-state index contributed by atoms with van der Waals surface area (Å²) >= 11 is 0. The Balaban J connectivity index is 1.82. The van der Waals surface area contributed by atoms with E-state index in [2.05, 4.69) is 24.1 Å². The van der Waals surface area contributed by atoms with Gasteiger partial charge >= 0.3 is 0 Å². The lowest BCUT2D eigenvalue weighted by Gasteiger charge is -2.37. The zero-order valence-corrected chi connectivity index (χ0v) is 11.5. The number of hydrogen-bond donors (Lipinski definition) is 1. The van der Waals surface area contributed by atoms with E-state index in [9.17, 15) is 0 Å². The van der Waals surface area contributed by atoms with Gasteiger partial charge in [0.2, 0.25) is 0 Å². The number of likely N-dealkylation sites (N-methyl/N-ethyl adjacent to an activating group) is 1. The molecule has 1 heterocycles. The van der Waals surface area contributed by atoms with Crippen molar-refractivity contribution in [1.82, 2.24) is 10.2 Å². The molecule has 17 heavy (non-hydrogen) atoms. The minimum absolute atomic E-state index is 0.413. The van der Waals surface area contributed by atoms with Crippen LogP contribution >= 0.6 is 0 Å². The van der Waals surface area contributed by atoms with E-state index < -0.39 is 0 Å². The molecule has 100 valence electrons. The Morgan fingerprint density at radius 1 is 1.35 bits per heavy atom. The van der Waals surface area contributed by atoms with E-state index in [1.54, 1.807) is 0 Å². The van der Waals surface area contributed by atoms with Gasteiger partial charge in [-0.15, -0.1) is 0 Å². The Bertz CT molecular complexity index is 216. The Morgan fingerprint density at radius 3 is 2.82 bits per heavy atom. The molecule has 3 heteroatoms. The van der Waals surface area contributed by atoms with E-state index in [0.29, 0.717) is 12.1 Å². The quantitative estimate of drug-likeness (QED) is 0.735. The molecule has 0 aromatic rings. The first-order valence-corrected chi connectivity index (χ1v) is 7.40. The monoisotopic (exact) mass is 240 g/mol. The van der Waals surface area contributed by atoms with Crippen LogP contribution in [0.4, 0.5) is 0 Å².